The standard InChI is InChI=1S/C19H19F2N3O3/c1-10-3-4-12(7-13(10)9-25)15(8-16(26)27)14-5-6-24-18(11(14)2)22-23-19(24)17(20)21/h3-7,15,17,25H,8-9H2,1-2H3,(H,26,27)/t15-/m0/s1. The minimum Gasteiger partial charge on any atom is -0.481 e. The Morgan fingerprint density at radius 1 is 1.22 bits per heavy atom. The number of halogens is 2. The highest BCUT2D eigenvalue weighted by Crippen LogP contribution is 2.33. The molecule has 3 rings (SSSR count). The molecule has 0 bridgehead atoms. The predicted molar refractivity (Wildman–Crippen MR) is 93.9 cm³/mol. The number of aromatic nitrogens is 3. The van der Waals surface area contributed by atoms with Crippen LogP contribution in [0.25, 0.3) is 5.65 Å². The van der Waals surface area contributed by atoms with Gasteiger partial charge in [-0.05, 0) is 47.7 Å². The molecule has 2 heterocycles. The number of hydrogen-bond acceptors (Lipinski definition) is 4. The van der Waals surface area contributed by atoms with Gasteiger partial charge in [0.1, 0.15) is 0 Å². The van der Waals surface area contributed by atoms with Gasteiger partial charge in [0, 0.05) is 12.1 Å². The van der Waals surface area contributed by atoms with Crippen molar-refractivity contribution in [2.24, 2.45) is 0 Å². The lowest BCUT2D eigenvalue weighted by atomic mass is 9.85. The molecule has 0 fully saturated rings. The van der Waals surface area contributed by atoms with Crippen molar-refractivity contribution in [2.45, 2.75) is 39.2 Å². The number of hydrogen-bond donors (Lipinski definition) is 2. The minimum atomic E-state index is -2.76. The summed E-state index contributed by atoms with van der Waals surface area (Å²) in [6.07, 6.45) is -1.50. The van der Waals surface area contributed by atoms with Crippen LogP contribution in [0.2, 0.25) is 0 Å². The maximum absolute atomic E-state index is 13.1. The summed E-state index contributed by atoms with van der Waals surface area (Å²) in [7, 11) is 0. The van der Waals surface area contributed by atoms with Crippen LogP contribution >= 0.6 is 0 Å². The van der Waals surface area contributed by atoms with E-state index in [0.29, 0.717) is 16.7 Å². The molecule has 0 radical (unpaired) electrons. The Bertz CT molecular complexity index is 1000. The van der Waals surface area contributed by atoms with Gasteiger partial charge in [-0.2, -0.15) is 0 Å². The van der Waals surface area contributed by atoms with Crippen molar-refractivity contribution in [1.29, 1.82) is 0 Å². The molecule has 0 saturated heterocycles. The number of alkyl halides is 2. The Hall–Kier alpha value is -2.87. The molecule has 2 aromatic heterocycles. The lowest BCUT2D eigenvalue weighted by molar-refractivity contribution is -0.137. The average Bonchev–Trinajstić information content (AvgIpc) is 3.06. The van der Waals surface area contributed by atoms with E-state index in [1.54, 1.807) is 19.1 Å². The van der Waals surface area contributed by atoms with E-state index in [2.05, 4.69) is 10.2 Å². The molecule has 0 unspecified atom stereocenters. The van der Waals surface area contributed by atoms with Crippen molar-refractivity contribution in [2.75, 3.05) is 0 Å². The number of aliphatic hydroxyl groups is 1. The number of aryl methyl sites for hydroxylation is 2. The van der Waals surface area contributed by atoms with E-state index in [4.69, 9.17) is 0 Å². The Morgan fingerprint density at radius 3 is 2.59 bits per heavy atom. The van der Waals surface area contributed by atoms with Crippen LogP contribution < -0.4 is 0 Å². The minimum absolute atomic E-state index is 0.153. The molecule has 2 N–H and O–H groups in total. The molecule has 8 heteroatoms. The Morgan fingerprint density at radius 2 is 1.96 bits per heavy atom. The fourth-order valence-corrected chi connectivity index (χ4v) is 3.30. The number of aliphatic carboxylic acids is 1. The topological polar surface area (TPSA) is 87.7 Å². The largest absolute Gasteiger partial charge is 0.481 e. The molecule has 0 amide bonds. The summed E-state index contributed by atoms with van der Waals surface area (Å²) in [5, 5.41) is 26.3. The Balaban J connectivity index is 2.16. The number of pyridine rings is 1. The SMILES string of the molecule is Cc1ccc([C@H](CC(=O)O)c2ccn3c(C(F)F)nnc3c2C)cc1CO. The van der Waals surface area contributed by atoms with E-state index in [9.17, 15) is 23.8 Å². The first-order valence-electron chi connectivity index (χ1n) is 8.37. The molecule has 27 heavy (non-hydrogen) atoms. The van der Waals surface area contributed by atoms with E-state index in [1.807, 2.05) is 19.1 Å². The monoisotopic (exact) mass is 375 g/mol. The number of fused-ring (bicyclic) bond motifs is 1. The van der Waals surface area contributed by atoms with Crippen molar-refractivity contribution >= 4 is 11.6 Å². The van der Waals surface area contributed by atoms with Crippen LogP contribution in [0.1, 0.15) is 52.4 Å². The molecule has 0 aliphatic heterocycles. The van der Waals surface area contributed by atoms with Gasteiger partial charge in [-0.15, -0.1) is 10.2 Å². The van der Waals surface area contributed by atoms with Crippen LogP contribution in [-0.2, 0) is 11.4 Å². The lowest BCUT2D eigenvalue weighted by Crippen LogP contribution is -2.11. The zero-order valence-electron chi connectivity index (χ0n) is 14.9. The van der Waals surface area contributed by atoms with E-state index in [-0.39, 0.29) is 18.7 Å². The van der Waals surface area contributed by atoms with E-state index < -0.39 is 24.1 Å². The fourth-order valence-electron chi connectivity index (χ4n) is 3.30. The Labute approximate surface area is 154 Å². The molecule has 0 aliphatic carbocycles. The van der Waals surface area contributed by atoms with Crippen molar-refractivity contribution in [3.63, 3.8) is 0 Å². The first kappa shape index (κ1) is 18.9. The zero-order valence-corrected chi connectivity index (χ0v) is 14.9. The fraction of sp³-hybridized carbons (Fsp3) is 0.316. The number of carbonyl (C=O) groups is 1. The normalized spacial score (nSPS) is 12.7. The van der Waals surface area contributed by atoms with Gasteiger partial charge >= 0.3 is 5.97 Å². The number of benzene rings is 1. The zero-order chi connectivity index (χ0) is 19.7. The third-order valence-corrected chi connectivity index (χ3v) is 4.79. The van der Waals surface area contributed by atoms with Crippen molar-refractivity contribution in [3.05, 3.63) is 64.1 Å². The van der Waals surface area contributed by atoms with Crippen LogP contribution in [0.4, 0.5) is 8.78 Å². The summed E-state index contributed by atoms with van der Waals surface area (Å²) in [5.74, 6) is -1.95. The van der Waals surface area contributed by atoms with E-state index in [0.717, 1.165) is 11.1 Å². The average molecular weight is 375 g/mol. The van der Waals surface area contributed by atoms with Crippen LogP contribution in [0.5, 0.6) is 0 Å². The molecule has 0 saturated carbocycles. The third kappa shape index (κ3) is 3.52. The van der Waals surface area contributed by atoms with Crippen LogP contribution in [0.3, 0.4) is 0 Å². The van der Waals surface area contributed by atoms with E-state index in [1.165, 1.54) is 10.6 Å². The molecule has 1 atom stereocenters. The quantitative estimate of drug-likeness (QED) is 0.690. The highest BCUT2D eigenvalue weighted by Gasteiger charge is 2.24. The summed E-state index contributed by atoms with van der Waals surface area (Å²) in [6.45, 7) is 3.42. The first-order valence-corrected chi connectivity index (χ1v) is 8.37. The molecular formula is C19H19F2N3O3. The maximum Gasteiger partial charge on any atom is 0.304 e. The van der Waals surface area contributed by atoms with Gasteiger partial charge in [0.25, 0.3) is 6.43 Å². The molecule has 0 spiro atoms. The predicted octanol–water partition coefficient (Wildman–Crippen LogP) is 3.38. The van der Waals surface area contributed by atoms with Gasteiger partial charge in [-0.3, -0.25) is 9.20 Å². The molecule has 0 aliphatic rings. The highest BCUT2D eigenvalue weighted by molar-refractivity contribution is 5.70. The second-order valence-electron chi connectivity index (χ2n) is 6.44. The number of carboxylic acids is 1. The summed E-state index contributed by atoms with van der Waals surface area (Å²) < 4.78 is 27.3. The van der Waals surface area contributed by atoms with Crippen LogP contribution in [-0.4, -0.2) is 30.8 Å². The van der Waals surface area contributed by atoms with Crippen LogP contribution in [0, 0.1) is 13.8 Å². The van der Waals surface area contributed by atoms with Gasteiger partial charge in [0.05, 0.1) is 13.0 Å². The number of aliphatic hydroxyl groups excluding tert-OH is 1. The Kier molecular flexibility index (Phi) is 5.18. The molecular weight excluding hydrogens is 356 g/mol. The van der Waals surface area contributed by atoms with Gasteiger partial charge in [-0.25, -0.2) is 8.78 Å². The van der Waals surface area contributed by atoms with Crippen LogP contribution in [0.15, 0.2) is 30.5 Å². The number of nitrogens with zero attached hydrogens (tertiary/aromatic N) is 3. The molecule has 1 aromatic carbocycles. The van der Waals surface area contributed by atoms with Crippen molar-refractivity contribution in [3.8, 4) is 0 Å². The van der Waals surface area contributed by atoms with Gasteiger partial charge in [-0.1, -0.05) is 18.2 Å². The number of carboxylic acid groups (broad SMARTS) is 1. The van der Waals surface area contributed by atoms with Crippen molar-refractivity contribution < 1.29 is 23.8 Å². The molecule has 3 aromatic rings. The molecule has 6 nitrogen and oxygen atoms in total. The van der Waals surface area contributed by atoms with Gasteiger partial charge in [0.2, 0.25) is 5.82 Å². The molecule has 142 valence electrons. The lowest BCUT2D eigenvalue weighted by Gasteiger charge is -2.20. The second-order valence-corrected chi connectivity index (χ2v) is 6.44. The number of rotatable bonds is 6. The third-order valence-electron chi connectivity index (χ3n) is 4.79. The second kappa shape index (κ2) is 7.40. The van der Waals surface area contributed by atoms with E-state index >= 15 is 0 Å². The first-order chi connectivity index (χ1) is 12.8. The smallest absolute Gasteiger partial charge is 0.304 e. The summed E-state index contributed by atoms with van der Waals surface area (Å²) >= 11 is 0. The van der Waals surface area contributed by atoms with Gasteiger partial charge < -0.3 is 10.2 Å². The summed E-state index contributed by atoms with van der Waals surface area (Å²) in [6, 6.07) is 7.06. The summed E-state index contributed by atoms with van der Waals surface area (Å²) in [4.78, 5) is 11.5. The maximum atomic E-state index is 13.1. The highest BCUT2D eigenvalue weighted by atomic mass is 19.3. The van der Waals surface area contributed by atoms with Gasteiger partial charge in [0.15, 0.2) is 5.65 Å². The summed E-state index contributed by atoms with van der Waals surface area (Å²) in [5.41, 5.74) is 3.88. The van der Waals surface area contributed by atoms with Crippen molar-refractivity contribution in [1.82, 2.24) is 14.6 Å².